The first kappa shape index (κ1) is 12.4. The fourth-order valence-electron chi connectivity index (χ4n) is 0.966. The molecule has 0 radical (unpaired) electrons. The van der Waals surface area contributed by atoms with Crippen molar-refractivity contribution in [3.63, 3.8) is 0 Å². The lowest BCUT2D eigenvalue weighted by molar-refractivity contribution is -0.274. The molecule has 0 atom stereocenters. The highest BCUT2D eigenvalue weighted by molar-refractivity contribution is 9.10. The van der Waals surface area contributed by atoms with E-state index in [-0.39, 0.29) is 17.2 Å². The number of hydrogen-bond donors (Lipinski definition) is 1. The van der Waals surface area contributed by atoms with E-state index in [0.717, 1.165) is 6.07 Å². The molecule has 0 aromatic heterocycles. The number of hydrogen-bond acceptors (Lipinski definition) is 2. The third-order valence-corrected chi connectivity index (χ3v) is 2.79. The molecule has 1 aromatic carbocycles. The van der Waals surface area contributed by atoms with Gasteiger partial charge in [0.1, 0.15) is 5.75 Å². The van der Waals surface area contributed by atoms with Gasteiger partial charge in [0, 0.05) is 15.7 Å². The third kappa shape index (κ3) is 3.17. The molecular weight excluding hydrogens is 298 g/mol. The van der Waals surface area contributed by atoms with E-state index in [9.17, 15) is 13.2 Å². The van der Waals surface area contributed by atoms with Crippen LogP contribution in [-0.2, 0) is 5.88 Å². The Labute approximate surface area is 97.3 Å². The number of alkyl halides is 4. The Bertz CT molecular complexity index is 370. The zero-order chi connectivity index (χ0) is 11.6. The van der Waals surface area contributed by atoms with Crippen LogP contribution in [-0.4, -0.2) is 6.36 Å². The van der Waals surface area contributed by atoms with Crippen LogP contribution in [0.4, 0.5) is 18.9 Å². The molecule has 0 heterocycles. The van der Waals surface area contributed by atoms with Crippen LogP contribution in [0, 0.1) is 0 Å². The number of anilines is 1. The van der Waals surface area contributed by atoms with Gasteiger partial charge in [-0.1, -0.05) is 0 Å². The van der Waals surface area contributed by atoms with Crippen molar-refractivity contribution in [3.8, 4) is 5.75 Å². The maximum atomic E-state index is 12.0. The lowest BCUT2D eigenvalue weighted by Gasteiger charge is -2.14. The lowest BCUT2D eigenvalue weighted by atomic mass is 10.2. The Kier molecular flexibility index (Phi) is 3.72. The molecule has 2 N–H and O–H groups in total. The van der Waals surface area contributed by atoms with E-state index in [1.807, 2.05) is 0 Å². The van der Waals surface area contributed by atoms with Crippen LogP contribution >= 0.6 is 27.5 Å². The molecule has 1 aromatic rings. The molecule has 7 heteroatoms. The molecule has 1 rings (SSSR count). The molecule has 2 nitrogen and oxygen atoms in total. The van der Waals surface area contributed by atoms with Crippen molar-refractivity contribution in [2.24, 2.45) is 0 Å². The van der Waals surface area contributed by atoms with E-state index in [4.69, 9.17) is 17.3 Å². The Morgan fingerprint density at radius 2 is 2.00 bits per heavy atom. The highest BCUT2D eigenvalue weighted by Crippen LogP contribution is 2.35. The van der Waals surface area contributed by atoms with E-state index < -0.39 is 6.36 Å². The summed E-state index contributed by atoms with van der Waals surface area (Å²) in [6.07, 6.45) is -4.74. The Morgan fingerprint density at radius 1 is 1.40 bits per heavy atom. The van der Waals surface area contributed by atoms with Crippen molar-refractivity contribution in [2.45, 2.75) is 12.2 Å². The summed E-state index contributed by atoms with van der Waals surface area (Å²) < 4.78 is 40.0. The molecule has 0 fully saturated rings. The second-order valence-corrected chi connectivity index (χ2v) is 3.69. The molecule has 0 saturated carbocycles. The predicted octanol–water partition coefficient (Wildman–Crippen LogP) is 3.67. The first-order chi connectivity index (χ1) is 6.85. The monoisotopic (exact) mass is 303 g/mol. The highest BCUT2D eigenvalue weighted by Gasteiger charge is 2.32. The van der Waals surface area contributed by atoms with Crippen molar-refractivity contribution < 1.29 is 17.9 Å². The molecule has 0 aliphatic heterocycles. The zero-order valence-corrected chi connectivity index (χ0v) is 9.58. The number of ether oxygens (including phenoxy) is 1. The first-order valence-corrected chi connectivity index (χ1v) is 5.06. The zero-order valence-electron chi connectivity index (χ0n) is 7.24. The number of nitrogens with two attached hydrogens (primary N) is 1. The Morgan fingerprint density at radius 3 is 2.47 bits per heavy atom. The SMILES string of the molecule is Nc1ccc(OC(F)(F)F)c(CCl)c1Br. The van der Waals surface area contributed by atoms with Gasteiger partial charge in [-0.05, 0) is 28.1 Å². The van der Waals surface area contributed by atoms with E-state index >= 15 is 0 Å². The van der Waals surface area contributed by atoms with Crippen molar-refractivity contribution in [1.82, 2.24) is 0 Å². The Hall–Kier alpha value is -0.620. The predicted molar refractivity (Wildman–Crippen MR) is 54.8 cm³/mol. The average molecular weight is 304 g/mol. The van der Waals surface area contributed by atoms with Gasteiger partial charge >= 0.3 is 6.36 Å². The fourth-order valence-corrected chi connectivity index (χ4v) is 1.86. The van der Waals surface area contributed by atoms with Crippen LogP contribution in [0.25, 0.3) is 0 Å². The summed E-state index contributed by atoms with van der Waals surface area (Å²) in [5.41, 5.74) is 5.97. The quantitative estimate of drug-likeness (QED) is 0.668. The van der Waals surface area contributed by atoms with Gasteiger partial charge in [-0.3, -0.25) is 0 Å². The van der Waals surface area contributed by atoms with Crippen LogP contribution in [0.1, 0.15) is 5.56 Å². The molecule has 15 heavy (non-hydrogen) atoms. The average Bonchev–Trinajstić information content (AvgIpc) is 2.10. The maximum Gasteiger partial charge on any atom is 0.573 e. The van der Waals surface area contributed by atoms with Gasteiger partial charge in [-0.25, -0.2) is 0 Å². The van der Waals surface area contributed by atoms with Crippen LogP contribution in [0.15, 0.2) is 16.6 Å². The summed E-state index contributed by atoms with van der Waals surface area (Å²) in [5.74, 6) is -0.476. The molecule has 84 valence electrons. The number of nitrogen functional groups attached to an aromatic ring is 1. The minimum Gasteiger partial charge on any atom is -0.405 e. The normalized spacial score (nSPS) is 11.5. The van der Waals surface area contributed by atoms with Crippen molar-refractivity contribution in [3.05, 3.63) is 22.2 Å². The lowest BCUT2D eigenvalue weighted by Crippen LogP contribution is -2.18. The molecule has 0 aliphatic rings. The van der Waals surface area contributed by atoms with Gasteiger partial charge < -0.3 is 10.5 Å². The summed E-state index contributed by atoms with van der Waals surface area (Å²) in [5, 5.41) is 0. The first-order valence-electron chi connectivity index (χ1n) is 3.73. The molecule has 0 aliphatic carbocycles. The van der Waals surface area contributed by atoms with Gasteiger partial charge in [-0.2, -0.15) is 0 Å². The summed E-state index contributed by atoms with van der Waals surface area (Å²) in [6.45, 7) is 0. The minimum absolute atomic E-state index is 0.128. The van der Waals surface area contributed by atoms with E-state index in [0.29, 0.717) is 10.2 Å². The van der Waals surface area contributed by atoms with E-state index in [1.54, 1.807) is 0 Å². The molecule has 0 amide bonds. The summed E-state index contributed by atoms with van der Waals surface area (Å²) in [4.78, 5) is 0. The van der Waals surface area contributed by atoms with Crippen LogP contribution in [0.3, 0.4) is 0 Å². The standard InChI is InChI=1S/C8H6BrClF3NO/c9-7-4(3-10)6(2-1-5(7)14)15-8(11,12)13/h1-2H,3,14H2. The second kappa shape index (κ2) is 4.49. The van der Waals surface area contributed by atoms with Crippen LogP contribution in [0.2, 0.25) is 0 Å². The fraction of sp³-hybridized carbons (Fsp3) is 0.250. The van der Waals surface area contributed by atoms with Crippen molar-refractivity contribution >= 4 is 33.2 Å². The molecule has 0 bridgehead atoms. The minimum atomic E-state index is -4.74. The molecular formula is C8H6BrClF3NO. The van der Waals surface area contributed by atoms with Gasteiger partial charge in [0.15, 0.2) is 0 Å². The molecule has 0 unspecified atom stereocenters. The van der Waals surface area contributed by atoms with Crippen molar-refractivity contribution in [1.29, 1.82) is 0 Å². The van der Waals surface area contributed by atoms with Gasteiger partial charge in [0.05, 0.1) is 5.88 Å². The number of benzene rings is 1. The van der Waals surface area contributed by atoms with Gasteiger partial charge in [0.25, 0.3) is 0 Å². The van der Waals surface area contributed by atoms with E-state index in [2.05, 4.69) is 20.7 Å². The molecule has 0 saturated heterocycles. The summed E-state index contributed by atoms with van der Waals surface area (Å²) in [6, 6.07) is 2.44. The van der Waals surface area contributed by atoms with Gasteiger partial charge in [-0.15, -0.1) is 24.8 Å². The summed E-state index contributed by atoms with van der Waals surface area (Å²) >= 11 is 8.55. The maximum absolute atomic E-state index is 12.0. The summed E-state index contributed by atoms with van der Waals surface area (Å²) in [7, 11) is 0. The molecule has 0 spiro atoms. The Balaban J connectivity index is 3.14. The largest absolute Gasteiger partial charge is 0.573 e. The third-order valence-electron chi connectivity index (χ3n) is 1.59. The van der Waals surface area contributed by atoms with E-state index in [1.165, 1.54) is 6.07 Å². The van der Waals surface area contributed by atoms with Crippen molar-refractivity contribution in [2.75, 3.05) is 5.73 Å². The highest BCUT2D eigenvalue weighted by atomic mass is 79.9. The van der Waals surface area contributed by atoms with Gasteiger partial charge in [0.2, 0.25) is 0 Å². The van der Waals surface area contributed by atoms with Crippen LogP contribution in [0.5, 0.6) is 5.75 Å². The van der Waals surface area contributed by atoms with Crippen LogP contribution < -0.4 is 10.5 Å². The smallest absolute Gasteiger partial charge is 0.405 e. The topological polar surface area (TPSA) is 35.2 Å². The number of halogens is 5. The second-order valence-electron chi connectivity index (χ2n) is 2.63. The number of rotatable bonds is 2.